The SMILES string of the molecule is CC1CN(C(=O)Cn2[nH]c(=O)ccc2=O)CCC1O. The Morgan fingerprint density at radius 1 is 1.47 bits per heavy atom. The fraction of sp³-hybridized carbons (Fsp3) is 0.583. The molecule has 1 aliphatic heterocycles. The van der Waals surface area contributed by atoms with Gasteiger partial charge in [0.15, 0.2) is 0 Å². The van der Waals surface area contributed by atoms with Crippen LogP contribution in [0.15, 0.2) is 21.7 Å². The minimum absolute atomic E-state index is 0.0178. The van der Waals surface area contributed by atoms with E-state index >= 15 is 0 Å². The molecule has 1 fully saturated rings. The molecule has 0 saturated carbocycles. The number of hydrogen-bond donors (Lipinski definition) is 2. The molecule has 2 atom stereocenters. The van der Waals surface area contributed by atoms with Crippen molar-refractivity contribution in [3.63, 3.8) is 0 Å². The van der Waals surface area contributed by atoms with Gasteiger partial charge in [-0.1, -0.05) is 6.92 Å². The van der Waals surface area contributed by atoms with Crippen LogP contribution in [-0.2, 0) is 11.3 Å². The van der Waals surface area contributed by atoms with E-state index in [9.17, 15) is 19.5 Å². The van der Waals surface area contributed by atoms with Gasteiger partial charge < -0.3 is 10.0 Å². The molecular weight excluding hydrogens is 250 g/mol. The van der Waals surface area contributed by atoms with Crippen molar-refractivity contribution in [1.82, 2.24) is 14.7 Å². The van der Waals surface area contributed by atoms with Crippen molar-refractivity contribution in [3.8, 4) is 0 Å². The molecule has 2 N–H and O–H groups in total. The first-order valence-electron chi connectivity index (χ1n) is 6.23. The fourth-order valence-corrected chi connectivity index (χ4v) is 2.17. The van der Waals surface area contributed by atoms with Gasteiger partial charge in [-0.3, -0.25) is 19.5 Å². The zero-order valence-electron chi connectivity index (χ0n) is 10.7. The van der Waals surface area contributed by atoms with Gasteiger partial charge in [-0.2, -0.15) is 0 Å². The number of H-pyrrole nitrogens is 1. The van der Waals surface area contributed by atoms with Crippen molar-refractivity contribution in [2.45, 2.75) is 26.0 Å². The summed E-state index contributed by atoms with van der Waals surface area (Å²) < 4.78 is 1.00. The minimum Gasteiger partial charge on any atom is -0.393 e. The van der Waals surface area contributed by atoms with E-state index in [0.29, 0.717) is 19.5 Å². The van der Waals surface area contributed by atoms with Crippen molar-refractivity contribution in [1.29, 1.82) is 0 Å². The Kier molecular flexibility index (Phi) is 3.84. The van der Waals surface area contributed by atoms with Gasteiger partial charge in [0, 0.05) is 25.2 Å². The van der Waals surface area contributed by atoms with Gasteiger partial charge >= 0.3 is 0 Å². The standard InChI is InChI=1S/C12H17N3O4/c1-8-6-14(5-4-9(8)16)12(19)7-15-11(18)3-2-10(17)13-15/h2-3,8-9,16H,4-7H2,1H3,(H,13,17). The second-order valence-corrected chi connectivity index (χ2v) is 4.91. The van der Waals surface area contributed by atoms with Crippen LogP contribution in [0, 0.1) is 5.92 Å². The lowest BCUT2D eigenvalue weighted by Gasteiger charge is -2.34. The van der Waals surface area contributed by atoms with Crippen LogP contribution in [-0.4, -0.2) is 44.9 Å². The molecular formula is C12H17N3O4. The number of aromatic amines is 1. The van der Waals surface area contributed by atoms with Gasteiger partial charge in [0.2, 0.25) is 5.91 Å². The molecule has 2 unspecified atom stereocenters. The molecule has 0 bridgehead atoms. The predicted molar refractivity (Wildman–Crippen MR) is 67.7 cm³/mol. The number of piperidine rings is 1. The van der Waals surface area contributed by atoms with E-state index in [1.165, 1.54) is 0 Å². The Balaban J connectivity index is 2.07. The highest BCUT2D eigenvalue weighted by Crippen LogP contribution is 2.16. The summed E-state index contributed by atoms with van der Waals surface area (Å²) in [6.07, 6.45) is 0.149. The Labute approximate surface area is 109 Å². The number of hydrogen-bond acceptors (Lipinski definition) is 4. The molecule has 7 heteroatoms. The van der Waals surface area contributed by atoms with E-state index in [1.54, 1.807) is 4.90 Å². The van der Waals surface area contributed by atoms with Crippen molar-refractivity contribution in [3.05, 3.63) is 32.8 Å². The van der Waals surface area contributed by atoms with Gasteiger partial charge in [0.1, 0.15) is 6.54 Å². The van der Waals surface area contributed by atoms with Crippen molar-refractivity contribution in [2.75, 3.05) is 13.1 Å². The summed E-state index contributed by atoms with van der Waals surface area (Å²) in [6, 6.07) is 2.26. The number of aromatic nitrogens is 2. The molecule has 1 saturated heterocycles. The summed E-state index contributed by atoms with van der Waals surface area (Å²) >= 11 is 0. The van der Waals surface area contributed by atoms with Crippen LogP contribution < -0.4 is 11.1 Å². The summed E-state index contributed by atoms with van der Waals surface area (Å²) in [6.45, 7) is 2.63. The molecule has 19 heavy (non-hydrogen) atoms. The quantitative estimate of drug-likeness (QED) is 0.701. The van der Waals surface area contributed by atoms with Gasteiger partial charge in [0.25, 0.3) is 11.1 Å². The van der Waals surface area contributed by atoms with Gasteiger partial charge in [0.05, 0.1) is 6.10 Å². The molecule has 7 nitrogen and oxygen atoms in total. The largest absolute Gasteiger partial charge is 0.393 e. The first-order valence-corrected chi connectivity index (χ1v) is 6.23. The third-order valence-corrected chi connectivity index (χ3v) is 3.39. The molecule has 0 spiro atoms. The maximum atomic E-state index is 12.0. The highest BCUT2D eigenvalue weighted by Gasteiger charge is 2.27. The number of carbonyl (C=O) groups excluding carboxylic acids is 1. The fourth-order valence-electron chi connectivity index (χ4n) is 2.17. The van der Waals surface area contributed by atoms with Crippen LogP contribution in [0.2, 0.25) is 0 Å². The lowest BCUT2D eigenvalue weighted by atomic mass is 9.97. The first kappa shape index (κ1) is 13.5. The highest BCUT2D eigenvalue weighted by molar-refractivity contribution is 5.76. The molecule has 0 aromatic carbocycles. The lowest BCUT2D eigenvalue weighted by molar-refractivity contribution is -0.135. The average molecular weight is 267 g/mol. The maximum absolute atomic E-state index is 12.0. The summed E-state index contributed by atoms with van der Waals surface area (Å²) in [5.41, 5.74) is -0.840. The molecule has 1 aromatic heterocycles. The van der Waals surface area contributed by atoms with Crippen molar-refractivity contribution < 1.29 is 9.90 Å². The number of rotatable bonds is 2. The predicted octanol–water partition coefficient (Wildman–Crippen LogP) is -1.23. The van der Waals surface area contributed by atoms with E-state index in [2.05, 4.69) is 5.10 Å². The lowest BCUT2D eigenvalue weighted by Crippen LogP contribution is -2.47. The second-order valence-electron chi connectivity index (χ2n) is 4.91. The summed E-state index contributed by atoms with van der Waals surface area (Å²) in [4.78, 5) is 36.3. The Bertz CT molecular complexity index is 577. The number of likely N-dealkylation sites (tertiary alicyclic amines) is 1. The summed E-state index contributed by atoms with van der Waals surface area (Å²) in [7, 11) is 0. The molecule has 2 rings (SSSR count). The van der Waals surface area contributed by atoms with Crippen LogP contribution in [0.25, 0.3) is 0 Å². The van der Waals surface area contributed by atoms with Crippen LogP contribution >= 0.6 is 0 Å². The summed E-state index contributed by atoms with van der Waals surface area (Å²) in [5.74, 6) is -0.216. The number of amides is 1. The normalized spacial score (nSPS) is 23.4. The smallest absolute Gasteiger partial charge is 0.265 e. The average Bonchev–Trinajstić information content (AvgIpc) is 2.37. The zero-order chi connectivity index (χ0) is 14.0. The van der Waals surface area contributed by atoms with E-state index < -0.39 is 11.1 Å². The van der Waals surface area contributed by atoms with E-state index in [0.717, 1.165) is 16.8 Å². The van der Waals surface area contributed by atoms with Gasteiger partial charge in [-0.05, 0) is 12.3 Å². The van der Waals surface area contributed by atoms with E-state index in [4.69, 9.17) is 0 Å². The molecule has 1 aromatic rings. The maximum Gasteiger partial charge on any atom is 0.265 e. The van der Waals surface area contributed by atoms with Crippen LogP contribution in [0.4, 0.5) is 0 Å². The second kappa shape index (κ2) is 5.40. The van der Waals surface area contributed by atoms with Crippen LogP contribution in [0.3, 0.4) is 0 Å². The molecule has 2 heterocycles. The molecule has 1 aliphatic rings. The Hall–Kier alpha value is -1.89. The van der Waals surface area contributed by atoms with E-state index in [1.807, 2.05) is 6.92 Å². The van der Waals surface area contributed by atoms with Crippen molar-refractivity contribution in [2.24, 2.45) is 5.92 Å². The number of nitrogens with one attached hydrogen (secondary N) is 1. The minimum atomic E-state index is -0.421. The third kappa shape index (κ3) is 3.11. The molecule has 0 radical (unpaired) electrons. The van der Waals surface area contributed by atoms with Crippen LogP contribution in [0.1, 0.15) is 13.3 Å². The molecule has 0 aliphatic carbocycles. The Morgan fingerprint density at radius 2 is 2.21 bits per heavy atom. The number of aliphatic hydroxyl groups is 1. The topological polar surface area (TPSA) is 95.4 Å². The third-order valence-electron chi connectivity index (χ3n) is 3.39. The first-order chi connectivity index (χ1) is 8.97. The highest BCUT2D eigenvalue weighted by atomic mass is 16.3. The molecule has 1 amide bonds. The Morgan fingerprint density at radius 3 is 2.89 bits per heavy atom. The number of carbonyl (C=O) groups is 1. The molecule has 104 valence electrons. The summed E-state index contributed by atoms with van der Waals surface area (Å²) in [5, 5.41) is 11.9. The van der Waals surface area contributed by atoms with Crippen LogP contribution in [0.5, 0.6) is 0 Å². The van der Waals surface area contributed by atoms with Gasteiger partial charge in [-0.15, -0.1) is 0 Å². The number of nitrogens with zero attached hydrogens (tertiary/aromatic N) is 2. The zero-order valence-corrected chi connectivity index (χ0v) is 10.7. The van der Waals surface area contributed by atoms with Crippen molar-refractivity contribution >= 4 is 5.91 Å². The monoisotopic (exact) mass is 267 g/mol. The van der Waals surface area contributed by atoms with Gasteiger partial charge in [-0.25, -0.2) is 4.68 Å². The number of aliphatic hydroxyl groups excluding tert-OH is 1. The van der Waals surface area contributed by atoms with E-state index in [-0.39, 0.29) is 24.5 Å².